The molecule has 0 saturated heterocycles. The first kappa shape index (κ1) is 16.0. The summed E-state index contributed by atoms with van der Waals surface area (Å²) in [6.07, 6.45) is -0.0115. The molecular formula is C13H16ClN3O3. The van der Waals surface area contributed by atoms with Crippen LogP contribution in [0.5, 0.6) is 0 Å². The number of amides is 1. The van der Waals surface area contributed by atoms with E-state index in [0.29, 0.717) is 5.02 Å². The van der Waals surface area contributed by atoms with E-state index in [1.165, 1.54) is 0 Å². The van der Waals surface area contributed by atoms with Crippen molar-refractivity contribution in [1.29, 1.82) is 0 Å². The summed E-state index contributed by atoms with van der Waals surface area (Å²) in [4.78, 5) is 22.7. The van der Waals surface area contributed by atoms with Crippen LogP contribution in [0.15, 0.2) is 29.4 Å². The Morgan fingerprint density at radius 2 is 2.00 bits per heavy atom. The van der Waals surface area contributed by atoms with Crippen LogP contribution in [0.2, 0.25) is 5.02 Å². The van der Waals surface area contributed by atoms with Gasteiger partial charge in [-0.05, 0) is 24.6 Å². The minimum Gasteiger partial charge on any atom is -0.466 e. The lowest BCUT2D eigenvalue weighted by Gasteiger charge is -2.03. The quantitative estimate of drug-likeness (QED) is 0.357. The highest BCUT2D eigenvalue weighted by molar-refractivity contribution is 6.30. The Morgan fingerprint density at radius 3 is 2.60 bits per heavy atom. The third-order valence-electron chi connectivity index (χ3n) is 2.23. The van der Waals surface area contributed by atoms with Crippen LogP contribution in [0, 0.1) is 0 Å². The fraction of sp³-hybridized carbons (Fsp3) is 0.308. The molecule has 1 aromatic rings. The molecule has 0 fully saturated rings. The minimum absolute atomic E-state index is 0.00657. The van der Waals surface area contributed by atoms with Crippen LogP contribution in [0.4, 0.5) is 0 Å². The van der Waals surface area contributed by atoms with Gasteiger partial charge < -0.3 is 10.5 Å². The summed E-state index contributed by atoms with van der Waals surface area (Å²) in [5.74, 6) is -0.826. The molecule has 20 heavy (non-hydrogen) atoms. The zero-order chi connectivity index (χ0) is 15.0. The Balaban J connectivity index is 2.42. The van der Waals surface area contributed by atoms with Crippen LogP contribution in [-0.2, 0) is 20.7 Å². The van der Waals surface area contributed by atoms with Gasteiger partial charge in [0.2, 0.25) is 5.91 Å². The van der Waals surface area contributed by atoms with Crippen LogP contribution >= 0.6 is 11.6 Å². The molecule has 0 atom stereocenters. The highest BCUT2D eigenvalue weighted by atomic mass is 35.5. The summed E-state index contributed by atoms with van der Waals surface area (Å²) in [5.41, 5.74) is 8.56. The fourth-order valence-corrected chi connectivity index (χ4v) is 1.49. The number of hydrogen-bond acceptors (Lipinski definition) is 4. The van der Waals surface area contributed by atoms with Gasteiger partial charge in [0.15, 0.2) is 0 Å². The van der Waals surface area contributed by atoms with E-state index in [1.807, 2.05) is 0 Å². The Kier molecular flexibility index (Phi) is 6.52. The van der Waals surface area contributed by atoms with Gasteiger partial charge in [-0.1, -0.05) is 23.7 Å². The van der Waals surface area contributed by atoms with Crippen molar-refractivity contribution < 1.29 is 14.3 Å². The van der Waals surface area contributed by atoms with Crippen molar-refractivity contribution >= 4 is 29.3 Å². The van der Waals surface area contributed by atoms with E-state index in [-0.39, 0.29) is 31.2 Å². The fourth-order valence-electron chi connectivity index (χ4n) is 1.36. The number of nitrogens with two attached hydrogens (primary N) is 1. The van der Waals surface area contributed by atoms with E-state index in [4.69, 9.17) is 22.1 Å². The average Bonchev–Trinajstić information content (AvgIpc) is 2.39. The largest absolute Gasteiger partial charge is 0.466 e. The molecule has 7 heteroatoms. The number of ether oxygens (including phenoxy) is 1. The highest BCUT2D eigenvalue weighted by Crippen LogP contribution is 2.09. The van der Waals surface area contributed by atoms with Crippen molar-refractivity contribution in [2.45, 2.75) is 19.8 Å². The highest BCUT2D eigenvalue weighted by Gasteiger charge is 2.06. The Bertz CT molecular complexity index is 500. The number of halogens is 1. The second-order valence-corrected chi connectivity index (χ2v) is 4.36. The van der Waals surface area contributed by atoms with Crippen molar-refractivity contribution in [1.82, 2.24) is 5.43 Å². The number of carbonyl (C=O) groups is 2. The topological polar surface area (TPSA) is 93.8 Å². The molecule has 1 rings (SSSR count). The molecule has 3 N–H and O–H groups in total. The van der Waals surface area contributed by atoms with E-state index in [0.717, 1.165) is 5.56 Å². The summed E-state index contributed by atoms with van der Waals surface area (Å²) < 4.78 is 4.70. The van der Waals surface area contributed by atoms with Crippen LogP contribution in [0.3, 0.4) is 0 Å². The maximum absolute atomic E-state index is 11.6. The van der Waals surface area contributed by atoms with Gasteiger partial charge in [-0.3, -0.25) is 9.59 Å². The molecule has 0 aliphatic rings. The first-order chi connectivity index (χ1) is 9.51. The average molecular weight is 298 g/mol. The number of nitrogens with zero attached hydrogens (tertiary/aromatic N) is 1. The van der Waals surface area contributed by atoms with Crippen molar-refractivity contribution in [3.8, 4) is 0 Å². The molecule has 1 aromatic carbocycles. The zero-order valence-corrected chi connectivity index (χ0v) is 11.8. The number of rotatable bonds is 6. The maximum Gasteiger partial charge on any atom is 0.313 e. The first-order valence-electron chi connectivity index (χ1n) is 6.02. The molecule has 0 spiro atoms. The maximum atomic E-state index is 11.6. The standard InChI is InChI=1S/C13H16ClN3O3/c1-2-20-13(19)8-11(15)16-17-12(18)7-9-3-5-10(14)6-4-9/h3-6H,2,7-8H2,1H3,(H2,15,16)(H,17,18). The van der Waals surface area contributed by atoms with Crippen LogP contribution < -0.4 is 11.2 Å². The van der Waals surface area contributed by atoms with Gasteiger partial charge in [0.05, 0.1) is 13.0 Å². The van der Waals surface area contributed by atoms with Gasteiger partial charge in [0.1, 0.15) is 12.3 Å². The number of esters is 1. The summed E-state index contributed by atoms with van der Waals surface area (Å²) in [6, 6.07) is 6.88. The molecule has 0 saturated carbocycles. The molecule has 0 radical (unpaired) electrons. The van der Waals surface area contributed by atoms with Crippen molar-refractivity contribution in [3.63, 3.8) is 0 Å². The smallest absolute Gasteiger partial charge is 0.313 e. The summed E-state index contributed by atoms with van der Waals surface area (Å²) in [6.45, 7) is 1.97. The molecule has 0 heterocycles. The number of hydrazone groups is 1. The van der Waals surface area contributed by atoms with Crippen LogP contribution in [-0.4, -0.2) is 24.3 Å². The van der Waals surface area contributed by atoms with E-state index >= 15 is 0 Å². The second-order valence-electron chi connectivity index (χ2n) is 3.92. The van der Waals surface area contributed by atoms with Gasteiger partial charge in [-0.25, -0.2) is 5.43 Å². The summed E-state index contributed by atoms with van der Waals surface area (Å²) in [5, 5.41) is 4.23. The molecular weight excluding hydrogens is 282 g/mol. The van der Waals surface area contributed by atoms with E-state index in [9.17, 15) is 9.59 Å². The van der Waals surface area contributed by atoms with E-state index in [2.05, 4.69) is 10.5 Å². The lowest BCUT2D eigenvalue weighted by molar-refractivity contribution is -0.141. The molecule has 0 bridgehead atoms. The normalized spacial score (nSPS) is 11.0. The van der Waals surface area contributed by atoms with Crippen LogP contribution in [0.25, 0.3) is 0 Å². The third kappa shape index (κ3) is 6.19. The Hall–Kier alpha value is -2.08. The van der Waals surface area contributed by atoms with Gasteiger partial charge >= 0.3 is 5.97 Å². The van der Waals surface area contributed by atoms with Gasteiger partial charge in [-0.2, -0.15) is 5.10 Å². The number of carbonyl (C=O) groups excluding carboxylic acids is 2. The number of amidine groups is 1. The van der Waals surface area contributed by atoms with Gasteiger partial charge in [0, 0.05) is 5.02 Å². The molecule has 0 aromatic heterocycles. The Labute approximate surface area is 121 Å². The van der Waals surface area contributed by atoms with Gasteiger partial charge in [0.25, 0.3) is 0 Å². The van der Waals surface area contributed by atoms with Crippen molar-refractivity contribution in [2.75, 3.05) is 6.61 Å². The monoisotopic (exact) mass is 297 g/mol. The van der Waals surface area contributed by atoms with E-state index in [1.54, 1.807) is 31.2 Å². The number of hydrogen-bond donors (Lipinski definition) is 2. The Morgan fingerprint density at radius 1 is 1.35 bits per heavy atom. The number of benzene rings is 1. The van der Waals surface area contributed by atoms with Crippen molar-refractivity contribution in [2.24, 2.45) is 10.8 Å². The SMILES string of the molecule is CCOC(=O)C/C(N)=N/NC(=O)Cc1ccc(Cl)cc1. The summed E-state index contributed by atoms with van der Waals surface area (Å²) in [7, 11) is 0. The predicted molar refractivity (Wildman–Crippen MR) is 76.2 cm³/mol. The van der Waals surface area contributed by atoms with E-state index < -0.39 is 5.97 Å². The molecule has 0 unspecified atom stereocenters. The second kappa shape index (κ2) is 8.16. The summed E-state index contributed by atoms with van der Waals surface area (Å²) >= 11 is 5.74. The lowest BCUT2D eigenvalue weighted by atomic mass is 10.1. The van der Waals surface area contributed by atoms with Gasteiger partial charge in [-0.15, -0.1) is 0 Å². The predicted octanol–water partition coefficient (Wildman–Crippen LogP) is 1.22. The molecule has 6 nitrogen and oxygen atoms in total. The molecule has 0 aliphatic heterocycles. The third-order valence-corrected chi connectivity index (χ3v) is 2.48. The number of nitrogens with one attached hydrogen (secondary N) is 1. The van der Waals surface area contributed by atoms with Crippen LogP contribution in [0.1, 0.15) is 18.9 Å². The molecule has 0 aliphatic carbocycles. The lowest BCUT2D eigenvalue weighted by Crippen LogP contribution is -2.26. The molecule has 1 amide bonds. The minimum atomic E-state index is -0.485. The zero-order valence-electron chi connectivity index (χ0n) is 11.1. The van der Waals surface area contributed by atoms with Crippen molar-refractivity contribution in [3.05, 3.63) is 34.9 Å². The first-order valence-corrected chi connectivity index (χ1v) is 6.40. The molecule has 108 valence electrons.